The summed E-state index contributed by atoms with van der Waals surface area (Å²) in [5.74, 6) is -1.09. The lowest BCUT2D eigenvalue weighted by Crippen LogP contribution is -2.17. The molecule has 3 aromatic rings. The highest BCUT2D eigenvalue weighted by Gasteiger charge is 2.20. The molecule has 1 aromatic heterocycles. The lowest BCUT2D eigenvalue weighted by molar-refractivity contribution is 0.0998. The van der Waals surface area contributed by atoms with E-state index in [1.165, 1.54) is 36.5 Å². The minimum absolute atomic E-state index is 0.0623. The predicted octanol–water partition coefficient (Wildman–Crippen LogP) is 3.08. The van der Waals surface area contributed by atoms with Crippen molar-refractivity contribution in [2.24, 2.45) is 12.0 Å². The van der Waals surface area contributed by atoms with E-state index >= 15 is 0 Å². The van der Waals surface area contributed by atoms with E-state index < -0.39 is 21.7 Å². The first kappa shape index (κ1) is 19.0. The number of carbonyl (C=O) groups excluding carboxylic acids is 1. The van der Waals surface area contributed by atoms with Crippen LogP contribution in [0.3, 0.4) is 0 Å². The number of hydrogen-bond donors (Lipinski definition) is 1. The first-order valence-corrected chi connectivity index (χ1v) is 10.2. The van der Waals surface area contributed by atoms with Gasteiger partial charge in [-0.25, -0.2) is 12.8 Å². The fourth-order valence-electron chi connectivity index (χ4n) is 2.45. The number of amides is 1. The number of aryl methyl sites for hydroxylation is 2. The highest BCUT2D eigenvalue weighted by Crippen LogP contribution is 2.23. The number of rotatable bonds is 4. The van der Waals surface area contributed by atoms with Crippen molar-refractivity contribution in [1.82, 2.24) is 4.57 Å². The molecule has 0 saturated carbocycles. The topological polar surface area (TPSA) is 80.5 Å². The van der Waals surface area contributed by atoms with Crippen molar-refractivity contribution in [3.05, 3.63) is 75.8 Å². The highest BCUT2D eigenvalue weighted by atomic mass is 32.2. The Morgan fingerprint density at radius 3 is 2.63 bits per heavy atom. The molecule has 1 amide bonds. The molecule has 0 fully saturated rings. The van der Waals surface area contributed by atoms with E-state index in [2.05, 4.69) is 9.71 Å². The maximum absolute atomic E-state index is 13.3. The van der Waals surface area contributed by atoms with E-state index in [0.29, 0.717) is 4.80 Å². The van der Waals surface area contributed by atoms with Gasteiger partial charge in [0, 0.05) is 18.6 Å². The molecule has 2 aromatic carbocycles. The molecule has 0 unspecified atom stereocenters. The smallest absolute Gasteiger partial charge is 0.281 e. The van der Waals surface area contributed by atoms with Crippen molar-refractivity contribution in [3.63, 3.8) is 0 Å². The zero-order valence-electron chi connectivity index (χ0n) is 14.5. The lowest BCUT2D eigenvalue weighted by atomic mass is 10.2. The number of carbonyl (C=O) groups is 1. The van der Waals surface area contributed by atoms with Crippen LogP contribution in [0, 0.1) is 12.7 Å². The van der Waals surface area contributed by atoms with Gasteiger partial charge in [-0.05, 0) is 42.8 Å². The molecule has 3 rings (SSSR count). The maximum Gasteiger partial charge on any atom is 0.281 e. The van der Waals surface area contributed by atoms with Gasteiger partial charge in [0.05, 0.1) is 16.1 Å². The summed E-state index contributed by atoms with van der Waals surface area (Å²) in [6.45, 7) is 1.50. The molecule has 140 valence electrons. The number of hydrogen-bond acceptors (Lipinski definition) is 4. The van der Waals surface area contributed by atoms with E-state index in [4.69, 9.17) is 0 Å². The van der Waals surface area contributed by atoms with Gasteiger partial charge in [-0.2, -0.15) is 4.99 Å². The van der Waals surface area contributed by atoms with Crippen LogP contribution in [0.4, 0.5) is 10.1 Å². The second-order valence-electron chi connectivity index (χ2n) is 5.77. The molecule has 0 aliphatic heterocycles. The third kappa shape index (κ3) is 4.15. The van der Waals surface area contributed by atoms with Gasteiger partial charge >= 0.3 is 0 Å². The van der Waals surface area contributed by atoms with Crippen molar-refractivity contribution in [1.29, 1.82) is 0 Å². The molecule has 1 N–H and O–H groups in total. The molecule has 0 saturated heterocycles. The first-order chi connectivity index (χ1) is 12.8. The largest absolute Gasteiger partial charge is 0.327 e. The van der Waals surface area contributed by atoms with Crippen molar-refractivity contribution in [2.75, 3.05) is 4.72 Å². The monoisotopic (exact) mass is 405 g/mol. The van der Waals surface area contributed by atoms with Crippen molar-refractivity contribution < 1.29 is 17.6 Å². The number of thiazole rings is 1. The molecule has 0 spiro atoms. The van der Waals surface area contributed by atoms with E-state index in [1.807, 2.05) is 0 Å². The van der Waals surface area contributed by atoms with Crippen LogP contribution in [0.2, 0.25) is 0 Å². The number of benzene rings is 2. The minimum Gasteiger partial charge on any atom is -0.327 e. The first-order valence-electron chi connectivity index (χ1n) is 7.85. The Bertz CT molecular complexity index is 1180. The quantitative estimate of drug-likeness (QED) is 0.724. The molecule has 0 bridgehead atoms. The number of anilines is 1. The van der Waals surface area contributed by atoms with Crippen molar-refractivity contribution in [3.8, 4) is 0 Å². The predicted molar refractivity (Wildman–Crippen MR) is 102 cm³/mol. The Labute approximate surface area is 159 Å². The van der Waals surface area contributed by atoms with E-state index in [0.717, 1.165) is 12.1 Å². The van der Waals surface area contributed by atoms with Gasteiger partial charge < -0.3 is 4.57 Å². The van der Waals surface area contributed by atoms with Crippen LogP contribution in [0.25, 0.3) is 0 Å². The Kier molecular flexibility index (Phi) is 5.24. The summed E-state index contributed by atoms with van der Waals surface area (Å²) in [4.78, 5) is 17.0. The summed E-state index contributed by atoms with van der Waals surface area (Å²) in [6, 6.07) is 9.60. The van der Waals surface area contributed by atoms with Crippen LogP contribution in [0.15, 0.2) is 63.9 Å². The molecule has 0 aliphatic carbocycles. The minimum atomic E-state index is -4.00. The summed E-state index contributed by atoms with van der Waals surface area (Å²) < 4.78 is 42.8. The standard InChI is InChI=1S/C18H16FN3O3S2/c1-12-11-13(19)7-8-16(12)27(24,25)21-15-6-4-3-5-14(15)17(23)20-18-22(2)9-10-26-18/h3-11,21H,1-2H3. The van der Waals surface area contributed by atoms with Crippen LogP contribution in [-0.2, 0) is 17.1 Å². The van der Waals surface area contributed by atoms with Crippen molar-refractivity contribution >= 4 is 33.0 Å². The molecule has 9 heteroatoms. The van der Waals surface area contributed by atoms with Gasteiger partial charge in [0.25, 0.3) is 15.9 Å². The number of aromatic nitrogens is 1. The Morgan fingerprint density at radius 2 is 1.96 bits per heavy atom. The normalized spacial score (nSPS) is 12.2. The molecule has 0 radical (unpaired) electrons. The Morgan fingerprint density at radius 1 is 1.22 bits per heavy atom. The number of nitrogens with zero attached hydrogens (tertiary/aromatic N) is 2. The second-order valence-corrected chi connectivity index (χ2v) is 8.30. The molecule has 1 heterocycles. The SMILES string of the molecule is Cc1cc(F)ccc1S(=O)(=O)Nc1ccccc1C(=O)N=c1sccn1C. The zero-order chi connectivity index (χ0) is 19.6. The van der Waals surface area contributed by atoms with Gasteiger partial charge in [0.2, 0.25) is 0 Å². The highest BCUT2D eigenvalue weighted by molar-refractivity contribution is 7.92. The number of sulfonamides is 1. The molecule has 0 aliphatic rings. The van der Waals surface area contributed by atoms with E-state index in [-0.39, 0.29) is 21.7 Å². The number of para-hydroxylation sites is 1. The van der Waals surface area contributed by atoms with Gasteiger partial charge in [-0.15, -0.1) is 11.3 Å². The molecular weight excluding hydrogens is 389 g/mol. The summed E-state index contributed by atoms with van der Waals surface area (Å²) >= 11 is 1.29. The van der Waals surface area contributed by atoms with E-state index in [9.17, 15) is 17.6 Å². The Hall–Kier alpha value is -2.78. The summed E-state index contributed by atoms with van der Waals surface area (Å²) in [5, 5.41) is 1.79. The maximum atomic E-state index is 13.3. The summed E-state index contributed by atoms with van der Waals surface area (Å²) in [6.07, 6.45) is 1.77. The number of halogens is 1. The van der Waals surface area contributed by atoms with Gasteiger partial charge in [0.1, 0.15) is 5.82 Å². The average Bonchev–Trinajstić information content (AvgIpc) is 2.99. The van der Waals surface area contributed by atoms with Crippen LogP contribution in [-0.4, -0.2) is 18.9 Å². The fraction of sp³-hybridized carbons (Fsp3) is 0.111. The zero-order valence-corrected chi connectivity index (χ0v) is 16.1. The summed E-state index contributed by atoms with van der Waals surface area (Å²) in [7, 11) is -2.24. The lowest BCUT2D eigenvalue weighted by Gasteiger charge is -2.12. The third-order valence-electron chi connectivity index (χ3n) is 3.79. The average molecular weight is 405 g/mol. The van der Waals surface area contributed by atoms with E-state index in [1.54, 1.807) is 35.3 Å². The number of nitrogens with one attached hydrogen (secondary N) is 1. The van der Waals surface area contributed by atoms with Gasteiger partial charge in [0.15, 0.2) is 4.80 Å². The van der Waals surface area contributed by atoms with Crippen LogP contribution >= 0.6 is 11.3 Å². The second kappa shape index (κ2) is 7.45. The summed E-state index contributed by atoms with van der Waals surface area (Å²) in [5.41, 5.74) is 0.491. The van der Waals surface area contributed by atoms with Crippen LogP contribution in [0.5, 0.6) is 0 Å². The van der Waals surface area contributed by atoms with Gasteiger partial charge in [-0.1, -0.05) is 12.1 Å². The molecule has 27 heavy (non-hydrogen) atoms. The molecule has 0 atom stereocenters. The van der Waals surface area contributed by atoms with Crippen LogP contribution in [0.1, 0.15) is 15.9 Å². The third-order valence-corrected chi connectivity index (χ3v) is 6.16. The molecular formula is C18H16FN3O3S2. The fourth-order valence-corrected chi connectivity index (χ4v) is 4.49. The van der Waals surface area contributed by atoms with Crippen LogP contribution < -0.4 is 9.52 Å². The molecule has 6 nitrogen and oxygen atoms in total. The van der Waals surface area contributed by atoms with Gasteiger partial charge in [-0.3, -0.25) is 9.52 Å². The Balaban J connectivity index is 1.99. The van der Waals surface area contributed by atoms with Crippen molar-refractivity contribution in [2.45, 2.75) is 11.8 Å².